The van der Waals surface area contributed by atoms with Crippen LogP contribution in [-0.2, 0) is 0 Å². The molecule has 134 valence electrons. The highest BCUT2D eigenvalue weighted by Crippen LogP contribution is 2.22. The number of nitrogens with one attached hydrogen (secondary N) is 1. The molecule has 0 saturated heterocycles. The summed E-state index contributed by atoms with van der Waals surface area (Å²) in [5.74, 6) is 0.492. The molecule has 0 bridgehead atoms. The minimum Gasteiger partial charge on any atom is -0.493 e. The van der Waals surface area contributed by atoms with Crippen molar-refractivity contribution in [3.05, 3.63) is 72.3 Å². The smallest absolute Gasteiger partial charge is 0.259 e. The van der Waals surface area contributed by atoms with Gasteiger partial charge in [-0.2, -0.15) is 0 Å². The zero-order valence-corrected chi connectivity index (χ0v) is 15.2. The van der Waals surface area contributed by atoms with E-state index in [2.05, 4.69) is 18.3 Å². The first kappa shape index (κ1) is 18.0. The number of carbonyl (C=O) groups excluding carboxylic acids is 1. The van der Waals surface area contributed by atoms with Crippen molar-refractivity contribution in [2.24, 2.45) is 0 Å². The molecule has 0 aliphatic heterocycles. The molecule has 1 amide bonds. The average Bonchev–Trinajstić information content (AvgIpc) is 2.68. The molecule has 3 aromatic carbocycles. The zero-order valence-electron chi connectivity index (χ0n) is 15.2. The Morgan fingerprint density at radius 3 is 2.50 bits per heavy atom. The lowest BCUT2D eigenvalue weighted by molar-refractivity contribution is 0.102. The fourth-order valence-corrected chi connectivity index (χ4v) is 2.96. The molecule has 26 heavy (non-hydrogen) atoms. The first-order chi connectivity index (χ1) is 12.8. The third-order valence-corrected chi connectivity index (χ3v) is 4.39. The van der Waals surface area contributed by atoms with Gasteiger partial charge in [0.25, 0.3) is 5.91 Å². The van der Waals surface area contributed by atoms with E-state index in [4.69, 9.17) is 4.74 Å². The number of carbonyl (C=O) groups is 1. The summed E-state index contributed by atoms with van der Waals surface area (Å²) in [6.45, 7) is 2.83. The molecule has 3 heteroatoms. The van der Waals surface area contributed by atoms with Crippen LogP contribution in [0, 0.1) is 0 Å². The van der Waals surface area contributed by atoms with Gasteiger partial charge in [0.1, 0.15) is 5.75 Å². The van der Waals surface area contributed by atoms with Gasteiger partial charge in [-0.1, -0.05) is 68.7 Å². The maximum atomic E-state index is 12.7. The van der Waals surface area contributed by atoms with Crippen LogP contribution in [-0.4, -0.2) is 12.5 Å². The van der Waals surface area contributed by atoms with Gasteiger partial charge in [-0.15, -0.1) is 0 Å². The molecular formula is C23H25NO2. The highest BCUT2D eigenvalue weighted by molar-refractivity contribution is 6.07. The van der Waals surface area contributed by atoms with Crippen molar-refractivity contribution in [2.45, 2.75) is 32.6 Å². The molecule has 0 saturated carbocycles. The number of para-hydroxylation sites is 1. The van der Waals surface area contributed by atoms with Gasteiger partial charge in [0.2, 0.25) is 0 Å². The molecule has 0 unspecified atom stereocenters. The molecule has 0 aliphatic carbocycles. The molecule has 0 aromatic heterocycles. The van der Waals surface area contributed by atoms with Crippen molar-refractivity contribution >= 4 is 22.4 Å². The summed E-state index contributed by atoms with van der Waals surface area (Å²) in [5, 5.41) is 5.24. The van der Waals surface area contributed by atoms with Gasteiger partial charge in [-0.05, 0) is 41.5 Å². The fourth-order valence-electron chi connectivity index (χ4n) is 2.96. The molecule has 0 spiro atoms. The normalized spacial score (nSPS) is 10.7. The second-order valence-corrected chi connectivity index (χ2v) is 6.42. The van der Waals surface area contributed by atoms with Crippen LogP contribution in [0.4, 0.5) is 5.69 Å². The van der Waals surface area contributed by atoms with Crippen LogP contribution in [0.2, 0.25) is 0 Å². The number of fused-ring (bicyclic) bond motifs is 1. The van der Waals surface area contributed by atoms with E-state index in [1.807, 2.05) is 54.6 Å². The topological polar surface area (TPSA) is 38.3 Å². The highest BCUT2D eigenvalue weighted by atomic mass is 16.5. The van der Waals surface area contributed by atoms with Crippen molar-refractivity contribution in [2.75, 3.05) is 11.9 Å². The van der Waals surface area contributed by atoms with Crippen molar-refractivity contribution in [1.82, 2.24) is 0 Å². The summed E-state index contributed by atoms with van der Waals surface area (Å²) in [7, 11) is 0. The van der Waals surface area contributed by atoms with Crippen LogP contribution >= 0.6 is 0 Å². The van der Waals surface area contributed by atoms with Crippen LogP contribution in [0.3, 0.4) is 0 Å². The minimum absolute atomic E-state index is 0.149. The van der Waals surface area contributed by atoms with E-state index in [1.54, 1.807) is 6.07 Å². The third kappa shape index (κ3) is 4.63. The predicted octanol–water partition coefficient (Wildman–Crippen LogP) is 6.05. The van der Waals surface area contributed by atoms with Gasteiger partial charge in [0.15, 0.2) is 0 Å². The molecule has 1 N–H and O–H groups in total. The average molecular weight is 347 g/mol. The number of hydrogen-bond acceptors (Lipinski definition) is 2. The van der Waals surface area contributed by atoms with E-state index >= 15 is 0 Å². The Morgan fingerprint density at radius 1 is 0.885 bits per heavy atom. The summed E-state index contributed by atoms with van der Waals surface area (Å²) < 4.78 is 5.85. The number of ether oxygens (including phenoxy) is 1. The SMILES string of the molecule is CCCCCCOc1ccccc1C(=O)Nc1ccc2ccccc2c1. The molecule has 0 fully saturated rings. The molecule has 0 atom stereocenters. The van der Waals surface area contributed by atoms with Crippen LogP contribution in [0.25, 0.3) is 10.8 Å². The van der Waals surface area contributed by atoms with E-state index in [-0.39, 0.29) is 5.91 Å². The van der Waals surface area contributed by atoms with Gasteiger partial charge in [0.05, 0.1) is 12.2 Å². The lowest BCUT2D eigenvalue weighted by Gasteiger charge is -2.12. The maximum absolute atomic E-state index is 12.7. The lowest BCUT2D eigenvalue weighted by Crippen LogP contribution is -2.14. The van der Waals surface area contributed by atoms with Crippen molar-refractivity contribution in [3.8, 4) is 5.75 Å². The number of hydrogen-bond donors (Lipinski definition) is 1. The van der Waals surface area contributed by atoms with E-state index in [9.17, 15) is 4.79 Å². The monoisotopic (exact) mass is 347 g/mol. The quantitative estimate of drug-likeness (QED) is 0.504. The second kappa shape index (κ2) is 9.04. The number of anilines is 1. The molecule has 3 aromatic rings. The maximum Gasteiger partial charge on any atom is 0.259 e. The van der Waals surface area contributed by atoms with Crippen molar-refractivity contribution in [3.63, 3.8) is 0 Å². The zero-order chi connectivity index (χ0) is 18.2. The number of rotatable bonds is 8. The molecule has 0 radical (unpaired) electrons. The highest BCUT2D eigenvalue weighted by Gasteiger charge is 2.12. The Morgan fingerprint density at radius 2 is 1.65 bits per heavy atom. The molecule has 3 nitrogen and oxygen atoms in total. The van der Waals surface area contributed by atoms with Crippen LogP contribution < -0.4 is 10.1 Å². The third-order valence-electron chi connectivity index (χ3n) is 4.39. The van der Waals surface area contributed by atoms with Crippen LogP contribution in [0.5, 0.6) is 5.75 Å². The molecule has 0 aliphatic rings. The van der Waals surface area contributed by atoms with E-state index in [0.717, 1.165) is 29.3 Å². The van der Waals surface area contributed by atoms with Gasteiger partial charge in [-0.3, -0.25) is 4.79 Å². The van der Waals surface area contributed by atoms with Crippen LogP contribution in [0.1, 0.15) is 43.0 Å². The van der Waals surface area contributed by atoms with Crippen molar-refractivity contribution in [1.29, 1.82) is 0 Å². The van der Waals surface area contributed by atoms with E-state index in [1.165, 1.54) is 12.8 Å². The second-order valence-electron chi connectivity index (χ2n) is 6.42. The number of benzene rings is 3. The Balaban J connectivity index is 1.68. The van der Waals surface area contributed by atoms with Crippen LogP contribution in [0.15, 0.2) is 66.7 Å². The molecule has 0 heterocycles. The summed E-state index contributed by atoms with van der Waals surface area (Å²) in [6, 6.07) is 21.4. The van der Waals surface area contributed by atoms with Gasteiger partial charge in [-0.25, -0.2) is 0 Å². The van der Waals surface area contributed by atoms with Gasteiger partial charge >= 0.3 is 0 Å². The van der Waals surface area contributed by atoms with Gasteiger partial charge < -0.3 is 10.1 Å². The molecular weight excluding hydrogens is 322 g/mol. The Kier molecular flexibility index (Phi) is 6.26. The molecule has 3 rings (SSSR count). The first-order valence-electron chi connectivity index (χ1n) is 9.30. The van der Waals surface area contributed by atoms with E-state index in [0.29, 0.717) is 17.9 Å². The lowest BCUT2D eigenvalue weighted by atomic mass is 10.1. The van der Waals surface area contributed by atoms with Crippen molar-refractivity contribution < 1.29 is 9.53 Å². The Labute approximate surface area is 155 Å². The first-order valence-corrected chi connectivity index (χ1v) is 9.30. The largest absolute Gasteiger partial charge is 0.493 e. The predicted molar refractivity (Wildman–Crippen MR) is 108 cm³/mol. The number of unbranched alkanes of at least 4 members (excludes halogenated alkanes) is 3. The summed E-state index contributed by atoms with van der Waals surface area (Å²) >= 11 is 0. The minimum atomic E-state index is -0.149. The number of amides is 1. The fraction of sp³-hybridized carbons (Fsp3) is 0.261. The summed E-state index contributed by atoms with van der Waals surface area (Å²) in [4.78, 5) is 12.7. The van der Waals surface area contributed by atoms with Gasteiger partial charge in [0, 0.05) is 5.69 Å². The Hall–Kier alpha value is -2.81. The van der Waals surface area contributed by atoms with E-state index < -0.39 is 0 Å². The summed E-state index contributed by atoms with van der Waals surface area (Å²) in [6.07, 6.45) is 4.58. The standard InChI is InChI=1S/C23H25NO2/c1-2-3-4-9-16-26-22-13-8-7-12-21(22)23(25)24-20-15-14-18-10-5-6-11-19(18)17-20/h5-8,10-15,17H,2-4,9,16H2,1H3,(H,24,25). The summed E-state index contributed by atoms with van der Waals surface area (Å²) in [5.41, 5.74) is 1.35. The Bertz CT molecular complexity index is 873.